The van der Waals surface area contributed by atoms with E-state index < -0.39 is 0 Å². The Hall–Kier alpha value is -3.23. The number of piperidine rings is 1. The zero-order valence-corrected chi connectivity index (χ0v) is 16.2. The topological polar surface area (TPSA) is 112 Å². The summed E-state index contributed by atoms with van der Waals surface area (Å²) in [6.07, 6.45) is 5.39. The second kappa shape index (κ2) is 7.06. The predicted octanol–water partition coefficient (Wildman–Crippen LogP) is 1.85. The second-order valence-corrected chi connectivity index (χ2v) is 7.13. The number of hydrogen-bond acceptors (Lipinski definition) is 8. The van der Waals surface area contributed by atoms with E-state index >= 15 is 0 Å². The minimum Gasteiger partial charge on any atom is -0.469 e. The SMILES string of the molecule is COC(=O)[C@@H]1CC[C@H](C)N(c2nc(N)nc(-c3ccc4cnc(C)n4c3)n2)C1. The van der Waals surface area contributed by atoms with Gasteiger partial charge in [0.2, 0.25) is 11.9 Å². The largest absolute Gasteiger partial charge is 0.469 e. The molecule has 9 heteroatoms. The molecule has 0 unspecified atom stereocenters. The molecule has 3 aromatic heterocycles. The van der Waals surface area contributed by atoms with Gasteiger partial charge in [-0.2, -0.15) is 15.0 Å². The molecule has 0 bridgehead atoms. The predicted molar refractivity (Wildman–Crippen MR) is 105 cm³/mol. The molecule has 2 atom stereocenters. The molecular weight excluding hydrogens is 358 g/mol. The molecule has 0 radical (unpaired) electrons. The summed E-state index contributed by atoms with van der Waals surface area (Å²) in [6.45, 7) is 4.52. The fourth-order valence-corrected chi connectivity index (χ4v) is 3.63. The third-order valence-corrected chi connectivity index (χ3v) is 5.28. The number of esters is 1. The lowest BCUT2D eigenvalue weighted by atomic mass is 9.94. The molecule has 0 saturated carbocycles. The number of methoxy groups -OCH3 is 1. The van der Waals surface area contributed by atoms with E-state index in [1.807, 2.05) is 40.8 Å². The molecule has 1 aliphatic rings. The summed E-state index contributed by atoms with van der Waals surface area (Å²) < 4.78 is 6.90. The van der Waals surface area contributed by atoms with Gasteiger partial charge < -0.3 is 19.8 Å². The van der Waals surface area contributed by atoms with Gasteiger partial charge in [-0.15, -0.1) is 0 Å². The molecule has 4 rings (SSSR count). The summed E-state index contributed by atoms with van der Waals surface area (Å²) in [5.74, 6) is 1.59. The Balaban J connectivity index is 1.71. The number of nitrogens with two attached hydrogens (primary N) is 1. The number of imidazole rings is 1. The molecule has 0 aliphatic carbocycles. The van der Waals surface area contributed by atoms with E-state index in [1.54, 1.807) is 0 Å². The van der Waals surface area contributed by atoms with Gasteiger partial charge in [0.25, 0.3) is 0 Å². The fourth-order valence-electron chi connectivity index (χ4n) is 3.63. The van der Waals surface area contributed by atoms with Crippen molar-refractivity contribution in [1.82, 2.24) is 24.3 Å². The van der Waals surface area contributed by atoms with Crippen molar-refractivity contribution in [2.24, 2.45) is 5.92 Å². The van der Waals surface area contributed by atoms with Crippen molar-refractivity contribution in [2.45, 2.75) is 32.7 Å². The first-order chi connectivity index (χ1) is 13.5. The van der Waals surface area contributed by atoms with Crippen molar-refractivity contribution in [2.75, 3.05) is 24.3 Å². The van der Waals surface area contributed by atoms with Crippen molar-refractivity contribution < 1.29 is 9.53 Å². The number of nitrogen functional groups attached to an aromatic ring is 1. The van der Waals surface area contributed by atoms with Gasteiger partial charge in [0, 0.05) is 24.3 Å². The highest BCUT2D eigenvalue weighted by Crippen LogP contribution is 2.28. The molecule has 1 aliphatic heterocycles. The molecule has 3 aromatic rings. The summed E-state index contributed by atoms with van der Waals surface area (Å²) in [5.41, 5.74) is 7.80. The van der Waals surface area contributed by atoms with Gasteiger partial charge in [-0.05, 0) is 38.8 Å². The number of rotatable bonds is 3. The Morgan fingerprint density at radius 1 is 1.25 bits per heavy atom. The summed E-state index contributed by atoms with van der Waals surface area (Å²) in [5, 5.41) is 0. The lowest BCUT2D eigenvalue weighted by molar-refractivity contribution is -0.145. The monoisotopic (exact) mass is 381 g/mol. The van der Waals surface area contributed by atoms with E-state index in [4.69, 9.17) is 10.5 Å². The molecule has 4 heterocycles. The smallest absolute Gasteiger partial charge is 0.310 e. The van der Waals surface area contributed by atoms with Crippen LogP contribution in [0.1, 0.15) is 25.6 Å². The second-order valence-electron chi connectivity index (χ2n) is 7.13. The lowest BCUT2D eigenvalue weighted by Gasteiger charge is -2.36. The molecule has 1 fully saturated rings. The van der Waals surface area contributed by atoms with Gasteiger partial charge >= 0.3 is 5.97 Å². The molecule has 28 heavy (non-hydrogen) atoms. The van der Waals surface area contributed by atoms with Crippen LogP contribution < -0.4 is 10.6 Å². The van der Waals surface area contributed by atoms with Crippen LogP contribution in [0.25, 0.3) is 16.9 Å². The van der Waals surface area contributed by atoms with Gasteiger partial charge in [-0.3, -0.25) is 4.79 Å². The summed E-state index contributed by atoms with van der Waals surface area (Å²) in [7, 11) is 1.41. The average Bonchev–Trinajstić information content (AvgIpc) is 3.07. The van der Waals surface area contributed by atoms with Crippen molar-refractivity contribution in [3.05, 3.63) is 30.4 Å². The first-order valence-corrected chi connectivity index (χ1v) is 9.26. The number of hydrogen-bond donors (Lipinski definition) is 1. The summed E-state index contributed by atoms with van der Waals surface area (Å²) >= 11 is 0. The van der Waals surface area contributed by atoms with Crippen molar-refractivity contribution >= 4 is 23.4 Å². The average molecular weight is 381 g/mol. The Kier molecular flexibility index (Phi) is 4.58. The van der Waals surface area contributed by atoms with Crippen molar-refractivity contribution in [3.63, 3.8) is 0 Å². The molecule has 9 nitrogen and oxygen atoms in total. The number of ether oxygens (including phenoxy) is 1. The van der Waals surface area contributed by atoms with Crippen LogP contribution in [-0.2, 0) is 9.53 Å². The van der Waals surface area contributed by atoms with Gasteiger partial charge in [-0.1, -0.05) is 0 Å². The first kappa shape index (κ1) is 18.1. The van der Waals surface area contributed by atoms with E-state index in [0.717, 1.165) is 29.7 Å². The Morgan fingerprint density at radius 3 is 2.86 bits per heavy atom. The van der Waals surface area contributed by atoms with Crippen molar-refractivity contribution in [1.29, 1.82) is 0 Å². The standard InChI is InChI=1S/C19H23N7O2/c1-11-4-5-14(17(27)28-3)10-25(11)19-23-16(22-18(20)24-19)13-6-7-15-8-21-12(2)26(15)9-13/h6-9,11,14H,4-5,10H2,1-3H3,(H2,20,22,23,24)/t11-,14+/m0/s1. The Labute approximate surface area is 162 Å². The van der Waals surface area contributed by atoms with Gasteiger partial charge in [-0.25, -0.2) is 4.98 Å². The fraction of sp³-hybridized carbons (Fsp3) is 0.421. The van der Waals surface area contributed by atoms with Crippen LogP contribution in [0.4, 0.5) is 11.9 Å². The van der Waals surface area contributed by atoms with Crippen LogP contribution in [0.5, 0.6) is 0 Å². The molecule has 0 spiro atoms. The number of carbonyl (C=O) groups excluding carboxylic acids is 1. The van der Waals surface area contributed by atoms with E-state index in [0.29, 0.717) is 18.3 Å². The quantitative estimate of drug-likeness (QED) is 0.684. The number of anilines is 2. The number of pyridine rings is 1. The zero-order valence-electron chi connectivity index (χ0n) is 16.2. The van der Waals surface area contributed by atoms with Crippen molar-refractivity contribution in [3.8, 4) is 11.4 Å². The maximum atomic E-state index is 12.0. The normalized spacial score (nSPS) is 19.8. The summed E-state index contributed by atoms with van der Waals surface area (Å²) in [4.78, 5) is 31.6. The van der Waals surface area contributed by atoms with Crippen LogP contribution in [0.2, 0.25) is 0 Å². The van der Waals surface area contributed by atoms with Crippen LogP contribution in [0, 0.1) is 12.8 Å². The third kappa shape index (κ3) is 3.23. The number of aryl methyl sites for hydroxylation is 1. The highest BCUT2D eigenvalue weighted by Gasteiger charge is 2.32. The summed E-state index contributed by atoms with van der Waals surface area (Å²) in [6, 6.07) is 4.09. The molecule has 2 N–H and O–H groups in total. The van der Waals surface area contributed by atoms with Gasteiger partial charge in [0.1, 0.15) is 5.82 Å². The van der Waals surface area contributed by atoms with Gasteiger partial charge in [0.15, 0.2) is 5.82 Å². The highest BCUT2D eigenvalue weighted by atomic mass is 16.5. The maximum Gasteiger partial charge on any atom is 0.310 e. The first-order valence-electron chi connectivity index (χ1n) is 9.26. The molecule has 0 aromatic carbocycles. The van der Waals surface area contributed by atoms with E-state index in [2.05, 4.69) is 26.9 Å². The Morgan fingerprint density at radius 2 is 2.07 bits per heavy atom. The molecule has 0 amide bonds. The highest BCUT2D eigenvalue weighted by molar-refractivity contribution is 5.73. The molecular formula is C19H23N7O2. The number of aromatic nitrogens is 5. The van der Waals surface area contributed by atoms with Crippen LogP contribution in [-0.4, -0.2) is 50.0 Å². The van der Waals surface area contributed by atoms with Crippen LogP contribution in [0.3, 0.4) is 0 Å². The van der Waals surface area contributed by atoms with Gasteiger partial charge in [0.05, 0.1) is 24.7 Å². The van der Waals surface area contributed by atoms with E-state index in [1.165, 1.54) is 7.11 Å². The maximum absolute atomic E-state index is 12.0. The van der Waals surface area contributed by atoms with E-state index in [-0.39, 0.29) is 23.9 Å². The zero-order chi connectivity index (χ0) is 19.8. The third-order valence-electron chi connectivity index (χ3n) is 5.28. The number of fused-ring (bicyclic) bond motifs is 1. The minimum absolute atomic E-state index is 0.148. The number of nitrogens with zero attached hydrogens (tertiary/aromatic N) is 6. The van der Waals surface area contributed by atoms with E-state index in [9.17, 15) is 4.79 Å². The Bertz CT molecular complexity index is 1030. The van der Waals surface area contributed by atoms with Crippen LogP contribution >= 0.6 is 0 Å². The minimum atomic E-state index is -0.208. The molecule has 1 saturated heterocycles. The van der Waals surface area contributed by atoms with Crippen LogP contribution in [0.15, 0.2) is 24.5 Å². The lowest BCUT2D eigenvalue weighted by Crippen LogP contribution is -2.45. The number of carbonyl (C=O) groups is 1. The molecule has 146 valence electrons.